The van der Waals surface area contributed by atoms with Crippen molar-refractivity contribution in [1.29, 1.82) is 0 Å². The quantitative estimate of drug-likeness (QED) is 0.894. The van der Waals surface area contributed by atoms with Crippen molar-refractivity contribution in [1.82, 2.24) is 4.98 Å². The average molecular weight is 306 g/mol. The maximum absolute atomic E-state index is 12.7. The van der Waals surface area contributed by atoms with Crippen molar-refractivity contribution in [3.05, 3.63) is 16.1 Å². The molecule has 114 valence electrons. The summed E-state index contributed by atoms with van der Waals surface area (Å²) in [6.07, 6.45) is 2.48. The minimum atomic E-state index is -4.33. The molecule has 0 radical (unpaired) electrons. The van der Waals surface area contributed by atoms with E-state index in [0.717, 1.165) is 48.3 Å². The van der Waals surface area contributed by atoms with Crippen LogP contribution in [0.5, 0.6) is 0 Å². The number of halogens is 3. The number of aromatic nitrogens is 1. The van der Waals surface area contributed by atoms with E-state index in [2.05, 4.69) is 11.9 Å². The molecule has 1 fully saturated rings. The molecule has 0 spiro atoms. The molecule has 1 aliphatic rings. The Balaban J connectivity index is 2.16. The smallest absolute Gasteiger partial charge is 0.330 e. The third kappa shape index (κ3) is 3.52. The molecule has 1 saturated carbocycles. The molecular weight excluding hydrogens is 285 g/mol. The predicted molar refractivity (Wildman–Crippen MR) is 74.7 cm³/mol. The molecule has 1 heterocycles. The van der Waals surface area contributed by atoms with E-state index in [4.69, 9.17) is 5.73 Å². The Bertz CT molecular complexity index is 430. The van der Waals surface area contributed by atoms with E-state index in [-0.39, 0.29) is 5.92 Å². The lowest BCUT2D eigenvalue weighted by molar-refractivity contribution is -0.137. The summed E-state index contributed by atoms with van der Waals surface area (Å²) in [4.78, 5) is 4.31. The maximum atomic E-state index is 12.7. The molecule has 3 atom stereocenters. The standard InChI is InChI=1S/C14H21F3N2S/c1-2-3-9-4-5-10(7-18)11(6-9)12-8-19-13(20-12)14(15,16)17/h8-11H,2-7,18H2,1H3. The topological polar surface area (TPSA) is 38.9 Å². The lowest BCUT2D eigenvalue weighted by Crippen LogP contribution is -2.28. The average Bonchev–Trinajstić information content (AvgIpc) is 2.88. The summed E-state index contributed by atoms with van der Waals surface area (Å²) in [6.45, 7) is 2.70. The summed E-state index contributed by atoms with van der Waals surface area (Å²) in [5.74, 6) is 1.06. The van der Waals surface area contributed by atoms with Gasteiger partial charge >= 0.3 is 6.18 Å². The number of nitrogens with zero attached hydrogens (tertiary/aromatic N) is 1. The van der Waals surface area contributed by atoms with Crippen LogP contribution in [0.3, 0.4) is 0 Å². The second kappa shape index (κ2) is 6.43. The molecule has 0 bridgehead atoms. The molecule has 6 heteroatoms. The first-order valence-corrected chi connectivity index (χ1v) is 8.00. The van der Waals surface area contributed by atoms with Crippen LogP contribution in [0.25, 0.3) is 0 Å². The minimum Gasteiger partial charge on any atom is -0.330 e. The zero-order valence-electron chi connectivity index (χ0n) is 11.6. The Morgan fingerprint density at radius 2 is 2.15 bits per heavy atom. The van der Waals surface area contributed by atoms with Crippen LogP contribution < -0.4 is 5.73 Å². The highest BCUT2D eigenvalue weighted by Crippen LogP contribution is 2.45. The minimum absolute atomic E-state index is 0.152. The monoisotopic (exact) mass is 306 g/mol. The van der Waals surface area contributed by atoms with E-state index in [1.165, 1.54) is 6.20 Å². The molecule has 0 amide bonds. The van der Waals surface area contributed by atoms with E-state index in [0.29, 0.717) is 18.4 Å². The number of hydrogen-bond donors (Lipinski definition) is 1. The van der Waals surface area contributed by atoms with Gasteiger partial charge in [-0.1, -0.05) is 26.2 Å². The van der Waals surface area contributed by atoms with Crippen LogP contribution in [0, 0.1) is 11.8 Å². The Labute approximate surface area is 121 Å². The lowest BCUT2D eigenvalue weighted by atomic mass is 9.72. The van der Waals surface area contributed by atoms with Crippen molar-refractivity contribution in [2.24, 2.45) is 17.6 Å². The van der Waals surface area contributed by atoms with E-state index in [1.54, 1.807) is 0 Å². The van der Waals surface area contributed by atoms with Gasteiger partial charge in [0.25, 0.3) is 0 Å². The predicted octanol–water partition coefficient (Wildman–Crippen LogP) is 4.42. The zero-order valence-corrected chi connectivity index (χ0v) is 12.4. The van der Waals surface area contributed by atoms with Crippen molar-refractivity contribution >= 4 is 11.3 Å². The van der Waals surface area contributed by atoms with Crippen molar-refractivity contribution < 1.29 is 13.2 Å². The first kappa shape index (κ1) is 15.8. The summed E-state index contributed by atoms with van der Waals surface area (Å²) in [5.41, 5.74) is 5.80. The molecule has 0 aliphatic heterocycles. The highest BCUT2D eigenvalue weighted by molar-refractivity contribution is 7.11. The molecule has 2 nitrogen and oxygen atoms in total. The SMILES string of the molecule is CCCC1CCC(CN)C(c2cnc(C(F)(F)F)s2)C1. The third-order valence-corrected chi connectivity index (χ3v) is 5.41. The molecule has 1 aromatic rings. The molecule has 2 N–H and O–H groups in total. The van der Waals surface area contributed by atoms with Crippen molar-refractivity contribution in [3.8, 4) is 0 Å². The second-order valence-corrected chi connectivity index (χ2v) is 6.70. The van der Waals surface area contributed by atoms with Gasteiger partial charge < -0.3 is 5.73 Å². The van der Waals surface area contributed by atoms with Gasteiger partial charge in [-0.2, -0.15) is 13.2 Å². The van der Waals surface area contributed by atoms with Gasteiger partial charge in [0.05, 0.1) is 0 Å². The molecule has 2 rings (SSSR count). The van der Waals surface area contributed by atoms with Crippen LogP contribution in [0.2, 0.25) is 0 Å². The van der Waals surface area contributed by atoms with E-state index in [9.17, 15) is 13.2 Å². The summed E-state index contributed by atoms with van der Waals surface area (Å²) in [6, 6.07) is 0. The van der Waals surface area contributed by atoms with Gasteiger partial charge in [0.15, 0.2) is 5.01 Å². The lowest BCUT2D eigenvalue weighted by Gasteiger charge is -2.35. The Hall–Kier alpha value is -0.620. The zero-order chi connectivity index (χ0) is 14.8. The van der Waals surface area contributed by atoms with Crippen LogP contribution in [0.4, 0.5) is 13.2 Å². The molecule has 0 aromatic carbocycles. The highest BCUT2D eigenvalue weighted by atomic mass is 32.1. The summed E-state index contributed by atoms with van der Waals surface area (Å²) >= 11 is 0.794. The van der Waals surface area contributed by atoms with E-state index in [1.807, 2.05) is 0 Å². The summed E-state index contributed by atoms with van der Waals surface area (Å²) in [7, 11) is 0. The fourth-order valence-electron chi connectivity index (χ4n) is 3.21. The van der Waals surface area contributed by atoms with Crippen molar-refractivity contribution in [3.63, 3.8) is 0 Å². The summed E-state index contributed by atoms with van der Waals surface area (Å²) < 4.78 is 38.0. The van der Waals surface area contributed by atoms with Crippen LogP contribution >= 0.6 is 11.3 Å². The van der Waals surface area contributed by atoms with Crippen LogP contribution in [-0.2, 0) is 6.18 Å². The number of rotatable bonds is 4. The Morgan fingerprint density at radius 1 is 1.40 bits per heavy atom. The molecule has 1 aromatic heterocycles. The molecule has 1 aliphatic carbocycles. The number of alkyl halides is 3. The van der Waals surface area contributed by atoms with Gasteiger partial charge in [-0.3, -0.25) is 0 Å². The fraction of sp³-hybridized carbons (Fsp3) is 0.786. The van der Waals surface area contributed by atoms with Crippen molar-refractivity contribution in [2.45, 2.75) is 51.1 Å². The molecule has 0 saturated heterocycles. The van der Waals surface area contributed by atoms with Gasteiger partial charge in [-0.25, -0.2) is 4.98 Å². The second-order valence-electron chi connectivity index (χ2n) is 5.64. The highest BCUT2D eigenvalue weighted by Gasteiger charge is 2.37. The van der Waals surface area contributed by atoms with Gasteiger partial charge in [-0.05, 0) is 37.1 Å². The van der Waals surface area contributed by atoms with Gasteiger partial charge in [0, 0.05) is 11.1 Å². The Kier molecular flexibility index (Phi) is 5.07. The van der Waals surface area contributed by atoms with Crippen LogP contribution in [0.15, 0.2) is 6.20 Å². The fourth-order valence-corrected chi connectivity index (χ4v) is 4.20. The first-order chi connectivity index (χ1) is 9.45. The van der Waals surface area contributed by atoms with Crippen LogP contribution in [0.1, 0.15) is 54.8 Å². The van der Waals surface area contributed by atoms with Gasteiger partial charge in [0.2, 0.25) is 0 Å². The van der Waals surface area contributed by atoms with E-state index < -0.39 is 11.2 Å². The van der Waals surface area contributed by atoms with Gasteiger partial charge in [-0.15, -0.1) is 11.3 Å². The summed E-state index contributed by atoms with van der Waals surface area (Å²) in [5, 5.41) is -0.735. The number of thiazole rings is 1. The third-order valence-electron chi connectivity index (χ3n) is 4.23. The first-order valence-electron chi connectivity index (χ1n) is 7.18. The number of hydrogen-bond acceptors (Lipinski definition) is 3. The molecule has 3 unspecified atom stereocenters. The van der Waals surface area contributed by atoms with E-state index >= 15 is 0 Å². The van der Waals surface area contributed by atoms with Crippen LogP contribution in [-0.4, -0.2) is 11.5 Å². The molecule has 20 heavy (non-hydrogen) atoms. The Morgan fingerprint density at radius 3 is 2.70 bits per heavy atom. The maximum Gasteiger partial charge on any atom is 0.443 e. The number of nitrogens with two attached hydrogens (primary N) is 1. The normalized spacial score (nSPS) is 27.8. The van der Waals surface area contributed by atoms with Gasteiger partial charge in [0.1, 0.15) is 0 Å². The van der Waals surface area contributed by atoms with Crippen molar-refractivity contribution in [2.75, 3.05) is 6.54 Å². The largest absolute Gasteiger partial charge is 0.443 e. The molecular formula is C14H21F3N2S.